The summed E-state index contributed by atoms with van der Waals surface area (Å²) >= 11 is 6.00. The van der Waals surface area contributed by atoms with E-state index in [1.54, 1.807) is 12.1 Å². The first-order valence-electron chi connectivity index (χ1n) is 6.19. The second-order valence-electron chi connectivity index (χ2n) is 4.11. The predicted molar refractivity (Wildman–Crippen MR) is 75.0 cm³/mol. The summed E-state index contributed by atoms with van der Waals surface area (Å²) in [6.45, 7) is 2.59. The molecule has 1 aromatic carbocycles. The Hall–Kier alpha value is -1.68. The summed E-state index contributed by atoms with van der Waals surface area (Å²) < 4.78 is 13.5. The van der Waals surface area contributed by atoms with Gasteiger partial charge in [0.2, 0.25) is 0 Å². The van der Waals surface area contributed by atoms with Gasteiger partial charge in [-0.25, -0.2) is 14.4 Å². The molecule has 100 valence electrons. The van der Waals surface area contributed by atoms with E-state index in [4.69, 9.17) is 11.6 Å². The number of nitrogens with zero attached hydrogens (tertiary/aromatic N) is 2. The zero-order valence-electron chi connectivity index (χ0n) is 10.7. The quantitative estimate of drug-likeness (QED) is 0.852. The van der Waals surface area contributed by atoms with Crippen LogP contribution in [0.2, 0.25) is 5.15 Å². The molecule has 0 aliphatic rings. The Morgan fingerprint density at radius 3 is 2.79 bits per heavy atom. The Balaban J connectivity index is 2.00. The Kier molecular flexibility index (Phi) is 4.68. The zero-order valence-corrected chi connectivity index (χ0v) is 11.4. The summed E-state index contributed by atoms with van der Waals surface area (Å²) in [4.78, 5) is 8.11. The van der Waals surface area contributed by atoms with Gasteiger partial charge in [-0.3, -0.25) is 0 Å². The summed E-state index contributed by atoms with van der Waals surface area (Å²) in [7, 11) is 0. The average Bonchev–Trinajstić information content (AvgIpc) is 2.41. The van der Waals surface area contributed by atoms with Crippen molar-refractivity contribution >= 4 is 17.4 Å². The van der Waals surface area contributed by atoms with Gasteiger partial charge >= 0.3 is 0 Å². The van der Waals surface area contributed by atoms with Crippen LogP contribution in [-0.4, -0.2) is 16.5 Å². The molecule has 2 rings (SSSR count). The lowest BCUT2D eigenvalue weighted by atomic mass is 10.1. The second kappa shape index (κ2) is 6.48. The number of anilines is 1. The molecule has 0 spiro atoms. The molecule has 0 aliphatic heterocycles. The maximum atomic E-state index is 13.5. The second-order valence-corrected chi connectivity index (χ2v) is 4.47. The van der Waals surface area contributed by atoms with Crippen LogP contribution in [0.5, 0.6) is 0 Å². The van der Waals surface area contributed by atoms with E-state index in [1.807, 2.05) is 13.0 Å². The van der Waals surface area contributed by atoms with E-state index in [-0.39, 0.29) is 5.82 Å². The Morgan fingerprint density at radius 1 is 1.26 bits per heavy atom. The van der Waals surface area contributed by atoms with E-state index in [1.165, 1.54) is 12.4 Å². The van der Waals surface area contributed by atoms with Crippen LogP contribution in [0.15, 0.2) is 30.6 Å². The van der Waals surface area contributed by atoms with Crippen LogP contribution in [0.1, 0.15) is 18.1 Å². The molecule has 0 atom stereocenters. The predicted octanol–water partition coefficient (Wildman–Crippen LogP) is 3.49. The number of hydrogen-bond donors (Lipinski definition) is 1. The Bertz CT molecular complexity index is 560. The number of halogens is 2. The highest BCUT2D eigenvalue weighted by Crippen LogP contribution is 2.20. The van der Waals surface area contributed by atoms with Crippen molar-refractivity contribution in [1.29, 1.82) is 0 Å². The largest absolute Gasteiger partial charge is 0.369 e. The summed E-state index contributed by atoms with van der Waals surface area (Å²) in [6, 6.07) is 6.77. The zero-order chi connectivity index (χ0) is 13.7. The smallest absolute Gasteiger partial charge is 0.137 e. The molecule has 0 amide bonds. The van der Waals surface area contributed by atoms with Crippen molar-refractivity contribution in [2.24, 2.45) is 0 Å². The number of aromatic nitrogens is 2. The Morgan fingerprint density at radius 2 is 2.05 bits per heavy atom. The summed E-state index contributed by atoms with van der Waals surface area (Å²) in [5, 5.41) is 3.64. The van der Waals surface area contributed by atoms with Crippen LogP contribution < -0.4 is 5.32 Å². The topological polar surface area (TPSA) is 37.8 Å². The minimum absolute atomic E-state index is 0.180. The number of benzene rings is 1. The van der Waals surface area contributed by atoms with Gasteiger partial charge in [0, 0.05) is 12.1 Å². The van der Waals surface area contributed by atoms with E-state index in [0.717, 1.165) is 17.8 Å². The molecule has 3 nitrogen and oxygen atoms in total. The molecule has 0 saturated carbocycles. The van der Waals surface area contributed by atoms with Gasteiger partial charge in [-0.05, 0) is 24.5 Å². The summed E-state index contributed by atoms with van der Waals surface area (Å²) in [5.41, 5.74) is 1.57. The van der Waals surface area contributed by atoms with Crippen LogP contribution >= 0.6 is 11.6 Å². The molecular weight excluding hydrogens is 265 g/mol. The van der Waals surface area contributed by atoms with Gasteiger partial charge in [0.25, 0.3) is 0 Å². The van der Waals surface area contributed by atoms with Gasteiger partial charge in [-0.1, -0.05) is 36.7 Å². The molecular formula is C14H15ClFN3. The van der Waals surface area contributed by atoms with Crippen molar-refractivity contribution in [3.63, 3.8) is 0 Å². The summed E-state index contributed by atoms with van der Waals surface area (Å²) in [5.74, 6) is 0.541. The molecule has 5 heteroatoms. The number of nitrogens with one attached hydrogen (secondary N) is 1. The molecule has 19 heavy (non-hydrogen) atoms. The third kappa shape index (κ3) is 3.41. The van der Waals surface area contributed by atoms with Gasteiger partial charge < -0.3 is 5.32 Å². The third-order valence-electron chi connectivity index (χ3n) is 2.89. The van der Waals surface area contributed by atoms with E-state index >= 15 is 0 Å². The molecule has 0 saturated heterocycles. The first kappa shape index (κ1) is 13.7. The molecule has 0 radical (unpaired) electrons. The fourth-order valence-electron chi connectivity index (χ4n) is 1.87. The molecule has 0 unspecified atom stereocenters. The van der Waals surface area contributed by atoms with Crippen molar-refractivity contribution in [2.45, 2.75) is 19.8 Å². The molecule has 2 aromatic rings. The SMILES string of the molecule is CCc1c(Cl)ncnc1NCCc1ccccc1F. The van der Waals surface area contributed by atoms with Crippen LogP contribution in [0, 0.1) is 5.82 Å². The van der Waals surface area contributed by atoms with Crippen LogP contribution in [-0.2, 0) is 12.8 Å². The van der Waals surface area contributed by atoms with Crippen molar-refractivity contribution < 1.29 is 4.39 Å². The van der Waals surface area contributed by atoms with Gasteiger partial charge in [0.15, 0.2) is 0 Å². The van der Waals surface area contributed by atoms with Gasteiger partial charge in [-0.2, -0.15) is 0 Å². The number of hydrogen-bond acceptors (Lipinski definition) is 3. The average molecular weight is 280 g/mol. The molecule has 1 N–H and O–H groups in total. The maximum Gasteiger partial charge on any atom is 0.137 e. The molecule has 0 bridgehead atoms. The minimum Gasteiger partial charge on any atom is -0.369 e. The van der Waals surface area contributed by atoms with E-state index in [2.05, 4.69) is 15.3 Å². The lowest BCUT2D eigenvalue weighted by Crippen LogP contribution is -2.10. The van der Waals surface area contributed by atoms with Crippen molar-refractivity contribution in [3.8, 4) is 0 Å². The minimum atomic E-state index is -0.180. The Labute approximate surface area is 116 Å². The standard InChI is InChI=1S/C14H15ClFN3/c1-2-11-13(15)18-9-19-14(11)17-8-7-10-5-3-4-6-12(10)16/h3-6,9H,2,7-8H2,1H3,(H,17,18,19). The van der Waals surface area contributed by atoms with Gasteiger partial charge in [0.05, 0.1) is 0 Å². The van der Waals surface area contributed by atoms with Gasteiger partial charge in [-0.15, -0.1) is 0 Å². The van der Waals surface area contributed by atoms with Crippen LogP contribution in [0.3, 0.4) is 0 Å². The first-order valence-corrected chi connectivity index (χ1v) is 6.56. The normalized spacial score (nSPS) is 10.5. The molecule has 0 fully saturated rings. The van der Waals surface area contributed by atoms with Crippen molar-refractivity contribution in [2.75, 3.05) is 11.9 Å². The molecule has 1 heterocycles. The van der Waals surface area contributed by atoms with E-state index in [0.29, 0.717) is 23.7 Å². The lowest BCUT2D eigenvalue weighted by molar-refractivity contribution is 0.610. The van der Waals surface area contributed by atoms with Crippen molar-refractivity contribution in [1.82, 2.24) is 9.97 Å². The van der Waals surface area contributed by atoms with Crippen molar-refractivity contribution in [3.05, 3.63) is 52.7 Å². The molecule has 0 aliphatic carbocycles. The highest BCUT2D eigenvalue weighted by atomic mass is 35.5. The van der Waals surface area contributed by atoms with Crippen LogP contribution in [0.4, 0.5) is 10.2 Å². The maximum absolute atomic E-state index is 13.5. The fourth-order valence-corrected chi connectivity index (χ4v) is 2.14. The lowest BCUT2D eigenvalue weighted by Gasteiger charge is -2.10. The first-order chi connectivity index (χ1) is 9.22. The fraction of sp³-hybridized carbons (Fsp3) is 0.286. The third-order valence-corrected chi connectivity index (χ3v) is 3.22. The van der Waals surface area contributed by atoms with Gasteiger partial charge in [0.1, 0.15) is 23.1 Å². The highest BCUT2D eigenvalue weighted by molar-refractivity contribution is 6.30. The number of rotatable bonds is 5. The van der Waals surface area contributed by atoms with Crippen LogP contribution in [0.25, 0.3) is 0 Å². The summed E-state index contributed by atoms with van der Waals surface area (Å²) in [6.07, 6.45) is 2.77. The van der Waals surface area contributed by atoms with E-state index in [9.17, 15) is 4.39 Å². The highest BCUT2D eigenvalue weighted by Gasteiger charge is 2.07. The van der Waals surface area contributed by atoms with E-state index < -0.39 is 0 Å². The monoisotopic (exact) mass is 279 g/mol. The molecule has 1 aromatic heterocycles.